The number of rotatable bonds is 4. The summed E-state index contributed by atoms with van der Waals surface area (Å²) in [6, 6.07) is 15.9. The quantitative estimate of drug-likeness (QED) is 0.913. The Labute approximate surface area is 112 Å². The number of hydrogen-bond donors (Lipinski definition) is 1. The van der Waals surface area contributed by atoms with Gasteiger partial charge in [-0.25, -0.2) is 0 Å². The third-order valence-electron chi connectivity index (χ3n) is 3.23. The number of para-hydroxylation sites is 1. The second-order valence-electron chi connectivity index (χ2n) is 4.65. The second-order valence-corrected chi connectivity index (χ2v) is 4.65. The molecular formula is C16H16O3. The molecule has 3 heteroatoms. The molecule has 0 saturated heterocycles. The lowest BCUT2D eigenvalue weighted by Gasteiger charge is -2.11. The Morgan fingerprint density at radius 1 is 1.11 bits per heavy atom. The topological polar surface area (TPSA) is 38.7 Å². The van der Waals surface area contributed by atoms with Crippen molar-refractivity contribution >= 4 is 0 Å². The van der Waals surface area contributed by atoms with E-state index in [-0.39, 0.29) is 12.7 Å². The fraction of sp³-hybridized carbons (Fsp3) is 0.250. The van der Waals surface area contributed by atoms with Gasteiger partial charge in [0, 0.05) is 12.0 Å². The van der Waals surface area contributed by atoms with Gasteiger partial charge in [-0.2, -0.15) is 0 Å². The zero-order chi connectivity index (χ0) is 13.1. The Hall–Kier alpha value is -2.00. The number of ether oxygens (including phenoxy) is 2. The van der Waals surface area contributed by atoms with Crippen LogP contribution in [0.15, 0.2) is 48.5 Å². The molecule has 1 atom stereocenters. The third-order valence-corrected chi connectivity index (χ3v) is 3.23. The predicted octanol–water partition coefficient (Wildman–Crippen LogP) is 2.56. The summed E-state index contributed by atoms with van der Waals surface area (Å²) in [5.74, 6) is 1.52. The van der Waals surface area contributed by atoms with Crippen LogP contribution in [0.3, 0.4) is 0 Å². The van der Waals surface area contributed by atoms with Gasteiger partial charge in [0.15, 0.2) is 11.5 Å². The van der Waals surface area contributed by atoms with Crippen LogP contribution in [-0.4, -0.2) is 17.8 Å². The number of aliphatic hydroxyl groups excluding tert-OH is 1. The zero-order valence-corrected chi connectivity index (χ0v) is 10.6. The summed E-state index contributed by atoms with van der Waals surface area (Å²) in [5, 5.41) is 9.17. The van der Waals surface area contributed by atoms with E-state index >= 15 is 0 Å². The molecule has 0 spiro atoms. The van der Waals surface area contributed by atoms with E-state index in [2.05, 4.69) is 0 Å². The van der Waals surface area contributed by atoms with Crippen LogP contribution in [0, 0.1) is 0 Å². The molecular weight excluding hydrogens is 240 g/mol. The van der Waals surface area contributed by atoms with Gasteiger partial charge in [0.1, 0.15) is 12.7 Å². The first-order chi connectivity index (χ1) is 9.36. The van der Waals surface area contributed by atoms with Crippen molar-refractivity contribution in [1.82, 2.24) is 0 Å². The van der Waals surface area contributed by atoms with Gasteiger partial charge in [0.25, 0.3) is 0 Å². The molecule has 98 valence electrons. The fourth-order valence-corrected chi connectivity index (χ4v) is 2.26. The molecule has 0 saturated carbocycles. The van der Waals surface area contributed by atoms with E-state index in [1.165, 1.54) is 0 Å². The normalized spacial score (nSPS) is 16.8. The minimum atomic E-state index is -0.142. The molecule has 0 aromatic heterocycles. The first-order valence-electron chi connectivity index (χ1n) is 6.43. The highest BCUT2D eigenvalue weighted by Gasteiger charge is 2.25. The number of fused-ring (bicyclic) bond motifs is 1. The number of hydrogen-bond acceptors (Lipinski definition) is 3. The molecule has 1 heterocycles. The number of benzene rings is 2. The van der Waals surface area contributed by atoms with Crippen LogP contribution >= 0.6 is 0 Å². The SMILES string of the molecule is OCC1Cc2cccc(OCc3ccccc3)c2O1. The van der Waals surface area contributed by atoms with Crippen LogP contribution in [0.1, 0.15) is 11.1 Å². The van der Waals surface area contributed by atoms with Gasteiger partial charge in [-0.3, -0.25) is 0 Å². The molecule has 1 aliphatic rings. The minimum Gasteiger partial charge on any atom is -0.485 e. The lowest BCUT2D eigenvalue weighted by Crippen LogP contribution is -2.17. The van der Waals surface area contributed by atoms with Gasteiger partial charge < -0.3 is 14.6 Å². The molecule has 3 nitrogen and oxygen atoms in total. The van der Waals surface area contributed by atoms with Crippen molar-refractivity contribution in [2.45, 2.75) is 19.1 Å². The van der Waals surface area contributed by atoms with Gasteiger partial charge in [0.2, 0.25) is 0 Å². The average molecular weight is 256 g/mol. The van der Waals surface area contributed by atoms with Gasteiger partial charge in [-0.05, 0) is 11.6 Å². The van der Waals surface area contributed by atoms with Gasteiger partial charge in [0.05, 0.1) is 6.61 Å². The zero-order valence-electron chi connectivity index (χ0n) is 10.6. The molecule has 0 amide bonds. The van der Waals surface area contributed by atoms with E-state index in [4.69, 9.17) is 9.47 Å². The molecule has 0 bridgehead atoms. The van der Waals surface area contributed by atoms with Crippen LogP contribution in [0.25, 0.3) is 0 Å². The first kappa shape index (κ1) is 12.1. The Balaban J connectivity index is 1.75. The van der Waals surface area contributed by atoms with Gasteiger partial charge >= 0.3 is 0 Å². The van der Waals surface area contributed by atoms with Crippen molar-refractivity contribution in [2.24, 2.45) is 0 Å². The van der Waals surface area contributed by atoms with Crippen molar-refractivity contribution < 1.29 is 14.6 Å². The van der Waals surface area contributed by atoms with E-state index in [0.29, 0.717) is 6.61 Å². The Morgan fingerprint density at radius 2 is 1.95 bits per heavy atom. The van der Waals surface area contributed by atoms with Crippen molar-refractivity contribution in [3.8, 4) is 11.5 Å². The Bertz CT molecular complexity index is 551. The van der Waals surface area contributed by atoms with Crippen LogP contribution in [-0.2, 0) is 13.0 Å². The Kier molecular flexibility index (Phi) is 3.38. The average Bonchev–Trinajstić information content (AvgIpc) is 2.90. The summed E-state index contributed by atoms with van der Waals surface area (Å²) in [6.45, 7) is 0.553. The summed E-state index contributed by atoms with van der Waals surface area (Å²) in [4.78, 5) is 0. The second kappa shape index (κ2) is 5.33. The van der Waals surface area contributed by atoms with E-state index in [1.807, 2.05) is 48.5 Å². The minimum absolute atomic E-state index is 0.0345. The van der Waals surface area contributed by atoms with E-state index < -0.39 is 0 Å². The highest BCUT2D eigenvalue weighted by molar-refractivity contribution is 5.49. The standard InChI is InChI=1S/C16H16O3/c17-10-14-9-13-7-4-8-15(16(13)19-14)18-11-12-5-2-1-3-6-12/h1-8,14,17H,9-11H2. The summed E-state index contributed by atoms with van der Waals surface area (Å²) in [5.41, 5.74) is 2.22. The number of aliphatic hydroxyl groups is 1. The highest BCUT2D eigenvalue weighted by Crippen LogP contribution is 2.38. The van der Waals surface area contributed by atoms with Crippen molar-refractivity contribution in [1.29, 1.82) is 0 Å². The molecule has 1 aliphatic heterocycles. The maximum atomic E-state index is 9.17. The maximum absolute atomic E-state index is 9.17. The van der Waals surface area contributed by atoms with Crippen molar-refractivity contribution in [3.63, 3.8) is 0 Å². The summed E-state index contributed by atoms with van der Waals surface area (Å²) in [7, 11) is 0. The molecule has 2 aromatic rings. The molecule has 19 heavy (non-hydrogen) atoms. The van der Waals surface area contributed by atoms with Gasteiger partial charge in [-0.15, -0.1) is 0 Å². The molecule has 1 N–H and O–H groups in total. The van der Waals surface area contributed by atoms with Crippen molar-refractivity contribution in [2.75, 3.05) is 6.61 Å². The first-order valence-corrected chi connectivity index (χ1v) is 6.43. The summed E-state index contributed by atoms with van der Waals surface area (Å²) in [6.07, 6.45) is 0.602. The highest BCUT2D eigenvalue weighted by atomic mass is 16.5. The smallest absolute Gasteiger partial charge is 0.165 e. The van der Waals surface area contributed by atoms with Crippen LogP contribution in [0.4, 0.5) is 0 Å². The van der Waals surface area contributed by atoms with Crippen molar-refractivity contribution in [3.05, 3.63) is 59.7 Å². The van der Waals surface area contributed by atoms with Crippen LogP contribution < -0.4 is 9.47 Å². The van der Waals surface area contributed by atoms with E-state index in [1.54, 1.807) is 0 Å². The molecule has 1 unspecified atom stereocenters. The lowest BCUT2D eigenvalue weighted by molar-refractivity contribution is 0.130. The molecule has 3 rings (SSSR count). The predicted molar refractivity (Wildman–Crippen MR) is 72.4 cm³/mol. The molecule has 0 radical (unpaired) electrons. The third kappa shape index (κ3) is 2.56. The van der Waals surface area contributed by atoms with Crippen LogP contribution in [0.2, 0.25) is 0 Å². The lowest BCUT2D eigenvalue weighted by atomic mass is 10.1. The van der Waals surface area contributed by atoms with E-state index in [0.717, 1.165) is 29.0 Å². The Morgan fingerprint density at radius 3 is 2.74 bits per heavy atom. The maximum Gasteiger partial charge on any atom is 0.165 e. The fourth-order valence-electron chi connectivity index (χ4n) is 2.26. The molecule has 0 fully saturated rings. The molecule has 0 aliphatic carbocycles. The monoisotopic (exact) mass is 256 g/mol. The molecule has 2 aromatic carbocycles. The van der Waals surface area contributed by atoms with Gasteiger partial charge in [-0.1, -0.05) is 42.5 Å². The largest absolute Gasteiger partial charge is 0.485 e. The summed E-state index contributed by atoms with van der Waals surface area (Å²) >= 11 is 0. The van der Waals surface area contributed by atoms with Crippen LogP contribution in [0.5, 0.6) is 11.5 Å². The van der Waals surface area contributed by atoms with E-state index in [9.17, 15) is 5.11 Å². The summed E-state index contributed by atoms with van der Waals surface area (Å²) < 4.78 is 11.5.